The summed E-state index contributed by atoms with van der Waals surface area (Å²) >= 11 is 0. The standard InChI is InChI=1S/C48H82NO7P/c1-6-8-10-12-14-16-18-20-22-23-24-25-26-28-30-32-34-36-38-40-43-53-45-47(46-55-57(51,52)54-44-42-49(3,4)5)56-48(50)41-39-37-35-33-31-29-27-21-19-17-15-13-11-9-7-2/h8,10,14-17,20-22,24-25,27-28,30,34,36,47H,6-7,9,11-13,18-19,23,26,29,31-33,35,37-46H2,1-5H3/p+1/b10-8-,16-14-,17-15-,22-20-,25-24-,27-21-,30-28-,36-34-. The molecule has 0 aromatic carbocycles. The molecule has 9 heteroatoms. The second-order valence-corrected chi connectivity index (χ2v) is 16.8. The maximum absolute atomic E-state index is 12.7. The van der Waals surface area contributed by atoms with E-state index >= 15 is 0 Å². The quantitative estimate of drug-likeness (QED) is 0.0217. The molecule has 0 aromatic rings. The smallest absolute Gasteiger partial charge is 0.457 e. The highest BCUT2D eigenvalue weighted by Crippen LogP contribution is 2.43. The predicted octanol–water partition coefficient (Wildman–Crippen LogP) is 13.0. The number of phosphoric ester groups is 1. The number of esters is 1. The Morgan fingerprint density at radius 1 is 0.561 bits per heavy atom. The zero-order chi connectivity index (χ0) is 42.0. The van der Waals surface area contributed by atoms with E-state index < -0.39 is 13.9 Å². The van der Waals surface area contributed by atoms with Gasteiger partial charge in [-0.15, -0.1) is 0 Å². The molecular weight excluding hydrogens is 734 g/mol. The van der Waals surface area contributed by atoms with E-state index in [4.69, 9.17) is 18.5 Å². The summed E-state index contributed by atoms with van der Waals surface area (Å²) < 4.78 is 34.9. The first kappa shape index (κ1) is 54.4. The highest BCUT2D eigenvalue weighted by molar-refractivity contribution is 7.47. The Kier molecular flexibility index (Phi) is 38.4. The van der Waals surface area contributed by atoms with E-state index in [9.17, 15) is 14.3 Å². The van der Waals surface area contributed by atoms with Crippen LogP contribution in [0.1, 0.15) is 142 Å². The summed E-state index contributed by atoms with van der Waals surface area (Å²) in [4.78, 5) is 22.9. The highest BCUT2D eigenvalue weighted by Gasteiger charge is 2.26. The molecule has 0 spiro atoms. The third-order valence-corrected chi connectivity index (χ3v) is 9.61. The molecule has 0 rings (SSSR count). The average Bonchev–Trinajstić information content (AvgIpc) is 3.16. The van der Waals surface area contributed by atoms with E-state index in [1.54, 1.807) is 0 Å². The van der Waals surface area contributed by atoms with Crippen LogP contribution in [-0.4, -0.2) is 75.6 Å². The van der Waals surface area contributed by atoms with Crippen molar-refractivity contribution in [3.05, 3.63) is 97.2 Å². The van der Waals surface area contributed by atoms with Gasteiger partial charge in [0.2, 0.25) is 0 Å². The monoisotopic (exact) mass is 817 g/mol. The SMILES string of the molecule is CC/C=C\C/C=C\C/C=C\C/C=C\C/C=C\C/C=C\CCCOCC(COP(=O)(O)OCC[N+](C)(C)C)OC(=O)CCCCCCC/C=C\C/C=C\CCCCC. The summed E-state index contributed by atoms with van der Waals surface area (Å²) in [7, 11) is 1.60. The minimum Gasteiger partial charge on any atom is -0.457 e. The van der Waals surface area contributed by atoms with Crippen molar-refractivity contribution in [1.29, 1.82) is 0 Å². The van der Waals surface area contributed by atoms with Crippen molar-refractivity contribution in [2.24, 2.45) is 0 Å². The average molecular weight is 817 g/mol. The molecule has 0 radical (unpaired) electrons. The number of hydrogen-bond acceptors (Lipinski definition) is 6. The first-order chi connectivity index (χ1) is 27.6. The van der Waals surface area contributed by atoms with Crippen LogP contribution < -0.4 is 0 Å². The lowest BCUT2D eigenvalue weighted by Crippen LogP contribution is -2.37. The molecular formula is C48H83NO7P+. The number of phosphoric acid groups is 1. The van der Waals surface area contributed by atoms with Crippen molar-refractivity contribution < 1.29 is 37.3 Å². The van der Waals surface area contributed by atoms with E-state index in [0.29, 0.717) is 24.1 Å². The van der Waals surface area contributed by atoms with Crippen LogP contribution in [-0.2, 0) is 27.9 Å². The second kappa shape index (κ2) is 40.2. The van der Waals surface area contributed by atoms with Crippen molar-refractivity contribution in [3.63, 3.8) is 0 Å². The fourth-order valence-electron chi connectivity index (χ4n) is 5.24. The summed E-state index contributed by atoms with van der Waals surface area (Å²) in [5.41, 5.74) is 0. The second-order valence-electron chi connectivity index (χ2n) is 15.3. The zero-order valence-electron chi connectivity index (χ0n) is 36.8. The Labute approximate surface area is 349 Å². The summed E-state index contributed by atoms with van der Waals surface area (Å²) in [6, 6.07) is 0. The van der Waals surface area contributed by atoms with Gasteiger partial charge >= 0.3 is 13.8 Å². The van der Waals surface area contributed by atoms with Crippen LogP contribution in [0, 0.1) is 0 Å². The van der Waals surface area contributed by atoms with Gasteiger partial charge in [-0.05, 0) is 89.9 Å². The molecule has 0 bridgehead atoms. The summed E-state index contributed by atoms with van der Waals surface area (Å²) in [5, 5.41) is 0. The molecule has 2 atom stereocenters. The van der Waals surface area contributed by atoms with Crippen LogP contribution in [0.15, 0.2) is 97.2 Å². The third-order valence-electron chi connectivity index (χ3n) is 8.63. The van der Waals surface area contributed by atoms with Gasteiger partial charge in [-0.2, -0.15) is 0 Å². The maximum Gasteiger partial charge on any atom is 0.472 e. The van der Waals surface area contributed by atoms with Gasteiger partial charge in [0.1, 0.15) is 19.3 Å². The Balaban J connectivity index is 4.40. The van der Waals surface area contributed by atoms with Crippen molar-refractivity contribution in [2.45, 2.75) is 148 Å². The van der Waals surface area contributed by atoms with Crippen molar-refractivity contribution in [3.8, 4) is 0 Å². The molecule has 0 heterocycles. The molecule has 0 saturated heterocycles. The highest BCUT2D eigenvalue weighted by atomic mass is 31.2. The first-order valence-corrected chi connectivity index (χ1v) is 23.5. The molecule has 0 aliphatic carbocycles. The summed E-state index contributed by atoms with van der Waals surface area (Å²) in [5.74, 6) is -0.352. The molecule has 0 aromatic heterocycles. The summed E-state index contributed by atoms with van der Waals surface area (Å²) in [6.45, 7) is 5.27. The van der Waals surface area contributed by atoms with Gasteiger partial charge in [-0.1, -0.05) is 143 Å². The van der Waals surface area contributed by atoms with Gasteiger partial charge in [0, 0.05) is 13.0 Å². The minimum absolute atomic E-state index is 0.0691. The molecule has 1 N–H and O–H groups in total. The van der Waals surface area contributed by atoms with Gasteiger partial charge in [-0.25, -0.2) is 4.57 Å². The number of carbonyl (C=O) groups excluding carboxylic acids is 1. The van der Waals surface area contributed by atoms with Crippen LogP contribution in [0.2, 0.25) is 0 Å². The van der Waals surface area contributed by atoms with Gasteiger partial charge < -0.3 is 18.9 Å². The Morgan fingerprint density at radius 2 is 1.02 bits per heavy atom. The van der Waals surface area contributed by atoms with Crippen molar-refractivity contribution in [2.75, 3.05) is 54.1 Å². The van der Waals surface area contributed by atoms with Gasteiger partial charge in [0.15, 0.2) is 0 Å². The Morgan fingerprint density at radius 3 is 1.53 bits per heavy atom. The van der Waals surface area contributed by atoms with Crippen molar-refractivity contribution in [1.82, 2.24) is 0 Å². The Hall–Kier alpha value is -2.58. The number of unbranched alkanes of at least 4 members (excludes halogenated alkanes) is 9. The van der Waals surface area contributed by atoms with Gasteiger partial charge in [0.25, 0.3) is 0 Å². The molecule has 0 aliphatic heterocycles. The van der Waals surface area contributed by atoms with Crippen LogP contribution in [0.4, 0.5) is 0 Å². The number of nitrogens with zero attached hydrogens (tertiary/aromatic N) is 1. The molecule has 0 saturated carbocycles. The number of carbonyl (C=O) groups is 1. The topological polar surface area (TPSA) is 91.3 Å². The van der Waals surface area contributed by atoms with Crippen LogP contribution in [0.3, 0.4) is 0 Å². The summed E-state index contributed by atoms with van der Waals surface area (Å²) in [6.07, 6.45) is 54.5. The molecule has 0 aliphatic rings. The van der Waals surface area contributed by atoms with E-state index in [0.717, 1.165) is 96.3 Å². The molecule has 326 valence electrons. The van der Waals surface area contributed by atoms with Crippen LogP contribution in [0.5, 0.6) is 0 Å². The number of rotatable bonds is 39. The van der Waals surface area contributed by atoms with E-state index in [1.807, 2.05) is 21.1 Å². The largest absolute Gasteiger partial charge is 0.472 e. The van der Waals surface area contributed by atoms with E-state index in [2.05, 4.69) is 111 Å². The van der Waals surface area contributed by atoms with E-state index in [-0.39, 0.29) is 25.8 Å². The van der Waals surface area contributed by atoms with Crippen LogP contribution >= 0.6 is 7.82 Å². The van der Waals surface area contributed by atoms with Crippen molar-refractivity contribution >= 4 is 13.8 Å². The van der Waals surface area contributed by atoms with E-state index in [1.165, 1.54) is 25.7 Å². The Bertz CT molecular complexity index is 1230. The number of likely N-dealkylation sites (N-methyl/N-ethyl adjacent to an activating group) is 1. The number of hydrogen-bond donors (Lipinski definition) is 1. The normalized spacial score (nSPS) is 14.7. The maximum atomic E-state index is 12.7. The van der Waals surface area contributed by atoms with Gasteiger partial charge in [-0.3, -0.25) is 13.8 Å². The third kappa shape index (κ3) is 44.4. The zero-order valence-corrected chi connectivity index (χ0v) is 37.7. The fraction of sp³-hybridized carbons (Fsp3) is 0.646. The lowest BCUT2D eigenvalue weighted by Gasteiger charge is -2.24. The molecule has 0 amide bonds. The molecule has 2 unspecified atom stereocenters. The first-order valence-electron chi connectivity index (χ1n) is 22.0. The number of allylic oxidation sites excluding steroid dienone is 16. The fourth-order valence-corrected chi connectivity index (χ4v) is 5.99. The minimum atomic E-state index is -4.30. The molecule has 57 heavy (non-hydrogen) atoms. The molecule has 0 fully saturated rings. The number of ether oxygens (including phenoxy) is 2. The lowest BCUT2D eigenvalue weighted by molar-refractivity contribution is -0.870. The lowest BCUT2D eigenvalue weighted by atomic mass is 10.1. The van der Waals surface area contributed by atoms with Gasteiger partial charge in [0.05, 0.1) is 34.4 Å². The molecule has 8 nitrogen and oxygen atoms in total. The van der Waals surface area contributed by atoms with Crippen LogP contribution in [0.25, 0.3) is 0 Å². The number of quaternary nitrogens is 1. The predicted molar refractivity (Wildman–Crippen MR) is 242 cm³/mol.